The average Bonchev–Trinajstić information content (AvgIpc) is 2.75. The van der Waals surface area contributed by atoms with Crippen LogP contribution in [0.3, 0.4) is 0 Å². The highest BCUT2D eigenvalue weighted by Gasteiger charge is 2.11. The Bertz CT molecular complexity index is 827. The Labute approximate surface area is 172 Å². The SMILES string of the molecule is CC=Cc1ccc(OCC(=O)Nc2ccc(CN3CCOCC3)cc2)c(OC)c1. The van der Waals surface area contributed by atoms with Crippen LogP contribution in [0.1, 0.15) is 18.1 Å². The molecule has 1 amide bonds. The van der Waals surface area contributed by atoms with Gasteiger partial charge in [0.05, 0.1) is 20.3 Å². The lowest BCUT2D eigenvalue weighted by molar-refractivity contribution is -0.118. The molecule has 1 N–H and O–H groups in total. The van der Waals surface area contributed by atoms with Crippen molar-refractivity contribution in [3.05, 3.63) is 59.7 Å². The van der Waals surface area contributed by atoms with Gasteiger partial charge in [-0.1, -0.05) is 30.4 Å². The van der Waals surface area contributed by atoms with Crippen molar-refractivity contribution in [1.29, 1.82) is 0 Å². The lowest BCUT2D eigenvalue weighted by atomic mass is 10.2. The molecule has 1 heterocycles. The predicted octanol–water partition coefficient (Wildman–Crippen LogP) is 3.58. The maximum absolute atomic E-state index is 12.2. The summed E-state index contributed by atoms with van der Waals surface area (Å²) in [6.07, 6.45) is 3.93. The molecule has 1 fully saturated rings. The first-order valence-electron chi connectivity index (χ1n) is 9.80. The highest BCUT2D eigenvalue weighted by atomic mass is 16.5. The summed E-state index contributed by atoms with van der Waals surface area (Å²) in [5.41, 5.74) is 2.98. The monoisotopic (exact) mass is 396 g/mol. The summed E-state index contributed by atoms with van der Waals surface area (Å²) in [6, 6.07) is 13.5. The van der Waals surface area contributed by atoms with Crippen LogP contribution in [-0.4, -0.2) is 50.8 Å². The van der Waals surface area contributed by atoms with E-state index in [0.29, 0.717) is 11.5 Å². The zero-order chi connectivity index (χ0) is 20.5. The van der Waals surface area contributed by atoms with Crippen molar-refractivity contribution in [2.75, 3.05) is 45.3 Å². The van der Waals surface area contributed by atoms with Crippen LogP contribution in [0.15, 0.2) is 48.5 Å². The predicted molar refractivity (Wildman–Crippen MR) is 114 cm³/mol. The molecule has 0 spiro atoms. The van der Waals surface area contributed by atoms with Gasteiger partial charge in [-0.2, -0.15) is 0 Å². The minimum Gasteiger partial charge on any atom is -0.493 e. The fourth-order valence-electron chi connectivity index (χ4n) is 3.15. The zero-order valence-electron chi connectivity index (χ0n) is 17.0. The van der Waals surface area contributed by atoms with E-state index in [1.807, 2.05) is 61.5 Å². The normalized spacial score (nSPS) is 14.7. The van der Waals surface area contributed by atoms with E-state index in [1.54, 1.807) is 7.11 Å². The molecule has 0 unspecified atom stereocenters. The summed E-state index contributed by atoms with van der Waals surface area (Å²) in [6.45, 7) is 6.24. The molecule has 154 valence electrons. The van der Waals surface area contributed by atoms with Crippen LogP contribution in [0, 0.1) is 0 Å². The van der Waals surface area contributed by atoms with E-state index in [4.69, 9.17) is 14.2 Å². The Morgan fingerprint density at radius 1 is 1.14 bits per heavy atom. The Morgan fingerprint density at radius 3 is 2.59 bits per heavy atom. The van der Waals surface area contributed by atoms with Crippen molar-refractivity contribution in [3.8, 4) is 11.5 Å². The van der Waals surface area contributed by atoms with Gasteiger partial charge in [0.2, 0.25) is 0 Å². The molecule has 2 aromatic rings. The molecule has 1 aliphatic heterocycles. The van der Waals surface area contributed by atoms with Gasteiger partial charge in [-0.05, 0) is 42.3 Å². The summed E-state index contributed by atoms with van der Waals surface area (Å²) in [5, 5.41) is 2.86. The van der Waals surface area contributed by atoms with Crippen molar-refractivity contribution in [3.63, 3.8) is 0 Å². The van der Waals surface area contributed by atoms with Crippen LogP contribution in [0.5, 0.6) is 11.5 Å². The third-order valence-corrected chi connectivity index (χ3v) is 4.65. The lowest BCUT2D eigenvalue weighted by Gasteiger charge is -2.26. The number of amides is 1. The Morgan fingerprint density at radius 2 is 1.90 bits per heavy atom. The summed E-state index contributed by atoms with van der Waals surface area (Å²) in [4.78, 5) is 14.6. The van der Waals surface area contributed by atoms with E-state index in [9.17, 15) is 4.79 Å². The van der Waals surface area contributed by atoms with Gasteiger partial charge in [-0.15, -0.1) is 0 Å². The number of anilines is 1. The number of hydrogen-bond donors (Lipinski definition) is 1. The first kappa shape index (κ1) is 20.9. The van der Waals surface area contributed by atoms with E-state index in [2.05, 4.69) is 10.2 Å². The van der Waals surface area contributed by atoms with Gasteiger partial charge in [0.25, 0.3) is 5.91 Å². The Hall–Kier alpha value is -2.83. The molecule has 1 saturated heterocycles. The molecule has 0 aromatic heterocycles. The molecule has 6 heteroatoms. The van der Waals surface area contributed by atoms with Crippen molar-refractivity contribution in [2.24, 2.45) is 0 Å². The fraction of sp³-hybridized carbons (Fsp3) is 0.348. The van der Waals surface area contributed by atoms with Crippen LogP contribution in [0.2, 0.25) is 0 Å². The van der Waals surface area contributed by atoms with E-state index < -0.39 is 0 Å². The van der Waals surface area contributed by atoms with Gasteiger partial charge in [0.1, 0.15) is 0 Å². The first-order chi connectivity index (χ1) is 14.2. The van der Waals surface area contributed by atoms with Gasteiger partial charge < -0.3 is 19.5 Å². The summed E-state index contributed by atoms with van der Waals surface area (Å²) >= 11 is 0. The molecule has 0 radical (unpaired) electrons. The molecule has 2 aromatic carbocycles. The van der Waals surface area contributed by atoms with E-state index in [1.165, 1.54) is 5.56 Å². The minimum atomic E-state index is -0.217. The number of benzene rings is 2. The quantitative estimate of drug-likeness (QED) is 0.739. The topological polar surface area (TPSA) is 60.0 Å². The standard InChI is InChI=1S/C23H28N2O4/c1-3-4-18-7-10-21(22(15-18)27-2)29-17-23(26)24-20-8-5-19(6-9-20)16-25-11-13-28-14-12-25/h3-10,15H,11-14,16-17H2,1-2H3,(H,24,26). The molecule has 0 atom stereocenters. The van der Waals surface area contributed by atoms with Crippen LogP contribution in [0.25, 0.3) is 6.08 Å². The van der Waals surface area contributed by atoms with Crippen LogP contribution in [-0.2, 0) is 16.1 Å². The van der Waals surface area contributed by atoms with E-state index in [0.717, 1.165) is 44.1 Å². The van der Waals surface area contributed by atoms with Gasteiger partial charge >= 0.3 is 0 Å². The highest BCUT2D eigenvalue weighted by molar-refractivity contribution is 5.91. The molecule has 3 rings (SSSR count). The summed E-state index contributed by atoms with van der Waals surface area (Å²) < 4.78 is 16.4. The average molecular weight is 396 g/mol. The minimum absolute atomic E-state index is 0.0884. The number of hydrogen-bond acceptors (Lipinski definition) is 5. The molecule has 29 heavy (non-hydrogen) atoms. The summed E-state index contributed by atoms with van der Waals surface area (Å²) in [5.74, 6) is 0.920. The Kier molecular flexibility index (Phi) is 7.67. The summed E-state index contributed by atoms with van der Waals surface area (Å²) in [7, 11) is 1.58. The Balaban J connectivity index is 1.50. The fourth-order valence-corrected chi connectivity index (χ4v) is 3.15. The lowest BCUT2D eigenvalue weighted by Crippen LogP contribution is -2.35. The first-order valence-corrected chi connectivity index (χ1v) is 9.80. The smallest absolute Gasteiger partial charge is 0.262 e. The molecular formula is C23H28N2O4. The number of nitrogens with one attached hydrogen (secondary N) is 1. The number of rotatable bonds is 8. The van der Waals surface area contributed by atoms with Crippen molar-refractivity contribution >= 4 is 17.7 Å². The molecule has 0 saturated carbocycles. The number of ether oxygens (including phenoxy) is 3. The second-order valence-corrected chi connectivity index (χ2v) is 6.83. The molecular weight excluding hydrogens is 368 g/mol. The third-order valence-electron chi connectivity index (χ3n) is 4.65. The number of carbonyl (C=O) groups is 1. The largest absolute Gasteiger partial charge is 0.493 e. The number of allylic oxidation sites excluding steroid dienone is 1. The van der Waals surface area contributed by atoms with E-state index >= 15 is 0 Å². The van der Waals surface area contributed by atoms with Crippen molar-refractivity contribution < 1.29 is 19.0 Å². The number of methoxy groups -OCH3 is 1. The second-order valence-electron chi connectivity index (χ2n) is 6.83. The van der Waals surface area contributed by atoms with Gasteiger partial charge in [0.15, 0.2) is 18.1 Å². The number of carbonyl (C=O) groups excluding carboxylic acids is 1. The number of nitrogens with zero attached hydrogens (tertiary/aromatic N) is 1. The van der Waals surface area contributed by atoms with Crippen molar-refractivity contribution in [1.82, 2.24) is 4.90 Å². The second kappa shape index (κ2) is 10.6. The maximum atomic E-state index is 12.2. The van der Waals surface area contributed by atoms with Crippen LogP contribution >= 0.6 is 0 Å². The van der Waals surface area contributed by atoms with Crippen LogP contribution < -0.4 is 14.8 Å². The molecule has 1 aliphatic rings. The van der Waals surface area contributed by atoms with Gasteiger partial charge in [-0.25, -0.2) is 0 Å². The molecule has 0 aliphatic carbocycles. The third kappa shape index (κ3) is 6.34. The zero-order valence-corrected chi connectivity index (χ0v) is 17.0. The van der Waals surface area contributed by atoms with Gasteiger partial charge in [0, 0.05) is 25.3 Å². The van der Waals surface area contributed by atoms with E-state index in [-0.39, 0.29) is 12.5 Å². The molecule has 6 nitrogen and oxygen atoms in total. The maximum Gasteiger partial charge on any atom is 0.262 e. The highest BCUT2D eigenvalue weighted by Crippen LogP contribution is 2.28. The number of morpholine rings is 1. The van der Waals surface area contributed by atoms with Crippen molar-refractivity contribution in [2.45, 2.75) is 13.5 Å². The molecule has 0 bridgehead atoms. The van der Waals surface area contributed by atoms with Gasteiger partial charge in [-0.3, -0.25) is 9.69 Å². The van der Waals surface area contributed by atoms with Crippen LogP contribution in [0.4, 0.5) is 5.69 Å².